The summed E-state index contributed by atoms with van der Waals surface area (Å²) in [4.78, 5) is 0. The molecule has 0 spiro atoms. The quantitative estimate of drug-likeness (QED) is 0.546. The van der Waals surface area contributed by atoms with Crippen LogP contribution in [0.2, 0.25) is 0 Å². The van der Waals surface area contributed by atoms with Gasteiger partial charge in [-0.25, -0.2) is 0 Å². The molecule has 0 fully saturated rings. The van der Waals surface area contributed by atoms with E-state index in [1.807, 2.05) is 0 Å². The average molecular weight is 291 g/mol. The van der Waals surface area contributed by atoms with Gasteiger partial charge < -0.3 is 10.1 Å². The number of unbranched alkanes of at least 4 members (excludes halogenated alkanes) is 5. The molecule has 0 bridgehead atoms. The summed E-state index contributed by atoms with van der Waals surface area (Å²) in [6.45, 7) is 9.30. The van der Waals surface area contributed by atoms with Crippen LogP contribution in [0, 0.1) is 6.92 Å². The van der Waals surface area contributed by atoms with Crippen molar-refractivity contribution in [2.75, 3.05) is 19.7 Å². The molecule has 0 aliphatic carbocycles. The molecule has 0 saturated heterocycles. The lowest BCUT2D eigenvalue weighted by Crippen LogP contribution is -2.23. The Morgan fingerprint density at radius 1 is 1.05 bits per heavy atom. The van der Waals surface area contributed by atoms with Gasteiger partial charge in [0.1, 0.15) is 0 Å². The number of rotatable bonds is 12. The van der Waals surface area contributed by atoms with E-state index >= 15 is 0 Å². The first-order valence-corrected chi connectivity index (χ1v) is 8.66. The molecule has 0 heterocycles. The van der Waals surface area contributed by atoms with Crippen molar-refractivity contribution < 1.29 is 4.74 Å². The highest BCUT2D eigenvalue weighted by atomic mass is 16.5. The van der Waals surface area contributed by atoms with Crippen molar-refractivity contribution in [3.05, 3.63) is 35.4 Å². The summed E-state index contributed by atoms with van der Waals surface area (Å²) in [6, 6.07) is 8.68. The molecule has 1 N–H and O–H groups in total. The molecule has 0 radical (unpaired) electrons. The number of nitrogens with one attached hydrogen (secondary N) is 1. The van der Waals surface area contributed by atoms with Gasteiger partial charge in [-0.05, 0) is 25.5 Å². The third kappa shape index (κ3) is 8.23. The van der Waals surface area contributed by atoms with Crippen LogP contribution in [-0.2, 0) is 4.74 Å². The third-order valence-corrected chi connectivity index (χ3v) is 3.81. The maximum atomic E-state index is 6.13. The van der Waals surface area contributed by atoms with Crippen LogP contribution >= 0.6 is 0 Å². The first kappa shape index (κ1) is 18.2. The second-order valence-electron chi connectivity index (χ2n) is 5.85. The predicted octanol–water partition coefficient (Wildman–Crippen LogP) is 5.02. The zero-order valence-electron chi connectivity index (χ0n) is 14.2. The lowest BCUT2D eigenvalue weighted by Gasteiger charge is -2.19. The van der Waals surface area contributed by atoms with Crippen LogP contribution < -0.4 is 5.32 Å². The van der Waals surface area contributed by atoms with Crippen molar-refractivity contribution in [2.24, 2.45) is 0 Å². The molecule has 21 heavy (non-hydrogen) atoms. The normalized spacial score (nSPS) is 12.5. The molecule has 1 atom stereocenters. The topological polar surface area (TPSA) is 21.3 Å². The fraction of sp³-hybridized carbons (Fsp3) is 0.684. The monoisotopic (exact) mass is 291 g/mol. The van der Waals surface area contributed by atoms with E-state index in [4.69, 9.17) is 4.74 Å². The number of hydrogen-bond donors (Lipinski definition) is 1. The molecule has 1 aromatic rings. The van der Waals surface area contributed by atoms with E-state index < -0.39 is 0 Å². The molecule has 120 valence electrons. The van der Waals surface area contributed by atoms with E-state index in [0.29, 0.717) is 0 Å². The molecule has 0 amide bonds. The van der Waals surface area contributed by atoms with Crippen molar-refractivity contribution in [3.63, 3.8) is 0 Å². The lowest BCUT2D eigenvalue weighted by atomic mass is 10.1. The maximum absolute atomic E-state index is 6.13. The van der Waals surface area contributed by atoms with E-state index in [1.54, 1.807) is 0 Å². The van der Waals surface area contributed by atoms with Crippen molar-refractivity contribution in [2.45, 2.75) is 65.4 Å². The van der Waals surface area contributed by atoms with Crippen LogP contribution in [0.1, 0.15) is 69.6 Å². The van der Waals surface area contributed by atoms with Crippen LogP contribution in [0.25, 0.3) is 0 Å². The highest BCUT2D eigenvalue weighted by Crippen LogP contribution is 2.18. The summed E-state index contributed by atoms with van der Waals surface area (Å²) in [5.74, 6) is 0. The largest absolute Gasteiger partial charge is 0.372 e. The number of ether oxygens (including phenoxy) is 1. The van der Waals surface area contributed by atoms with Crippen LogP contribution in [0.5, 0.6) is 0 Å². The highest BCUT2D eigenvalue weighted by molar-refractivity contribution is 5.24. The molecule has 2 heteroatoms. The summed E-state index contributed by atoms with van der Waals surface area (Å²) in [7, 11) is 0. The highest BCUT2D eigenvalue weighted by Gasteiger charge is 2.11. The summed E-state index contributed by atoms with van der Waals surface area (Å²) in [5, 5.41) is 3.41. The van der Waals surface area contributed by atoms with Crippen LogP contribution in [-0.4, -0.2) is 19.7 Å². The summed E-state index contributed by atoms with van der Waals surface area (Å²) < 4.78 is 6.13. The standard InChI is InChI=1S/C19H33NO/c1-4-6-7-8-9-10-14-21-19(16-20-5-2)18-13-11-12-17(3)15-18/h11-13,15,19-20H,4-10,14,16H2,1-3H3. The molecule has 1 rings (SSSR count). The van der Waals surface area contributed by atoms with Gasteiger partial charge in [0.15, 0.2) is 0 Å². The Kier molecular flexibility index (Phi) is 10.2. The molecule has 1 aromatic carbocycles. The summed E-state index contributed by atoms with van der Waals surface area (Å²) in [6.07, 6.45) is 8.05. The minimum atomic E-state index is 0.181. The third-order valence-electron chi connectivity index (χ3n) is 3.81. The SMILES string of the molecule is CCCCCCCCOC(CNCC)c1cccc(C)c1. The summed E-state index contributed by atoms with van der Waals surface area (Å²) in [5.41, 5.74) is 2.60. The number of aryl methyl sites for hydroxylation is 1. The van der Waals surface area contributed by atoms with Gasteiger partial charge in [0, 0.05) is 13.2 Å². The van der Waals surface area contributed by atoms with Gasteiger partial charge in [0.05, 0.1) is 6.10 Å². The zero-order valence-corrected chi connectivity index (χ0v) is 14.2. The number of hydrogen-bond acceptors (Lipinski definition) is 2. The maximum Gasteiger partial charge on any atom is 0.0949 e. The van der Waals surface area contributed by atoms with E-state index in [-0.39, 0.29) is 6.10 Å². The van der Waals surface area contributed by atoms with Gasteiger partial charge >= 0.3 is 0 Å². The molecule has 2 nitrogen and oxygen atoms in total. The Bertz CT molecular complexity index is 364. The molecule has 0 saturated carbocycles. The van der Waals surface area contributed by atoms with Gasteiger partial charge in [0.2, 0.25) is 0 Å². The minimum absolute atomic E-state index is 0.181. The van der Waals surface area contributed by atoms with Crippen LogP contribution in [0.3, 0.4) is 0 Å². The van der Waals surface area contributed by atoms with Gasteiger partial charge in [-0.1, -0.05) is 75.8 Å². The number of likely N-dealkylation sites (N-methyl/N-ethyl adjacent to an activating group) is 1. The minimum Gasteiger partial charge on any atom is -0.372 e. The Morgan fingerprint density at radius 3 is 2.52 bits per heavy atom. The first-order valence-electron chi connectivity index (χ1n) is 8.66. The zero-order chi connectivity index (χ0) is 15.3. The van der Waals surface area contributed by atoms with Gasteiger partial charge in [0.25, 0.3) is 0 Å². The van der Waals surface area contributed by atoms with E-state index in [2.05, 4.69) is 50.4 Å². The average Bonchev–Trinajstić information content (AvgIpc) is 2.49. The molecule has 0 aliphatic rings. The van der Waals surface area contributed by atoms with Crippen molar-refractivity contribution in [1.82, 2.24) is 5.32 Å². The Labute approximate surface area is 131 Å². The summed E-state index contributed by atoms with van der Waals surface area (Å²) >= 11 is 0. The predicted molar refractivity (Wildman–Crippen MR) is 91.8 cm³/mol. The van der Waals surface area contributed by atoms with Crippen molar-refractivity contribution in [1.29, 1.82) is 0 Å². The smallest absolute Gasteiger partial charge is 0.0949 e. The van der Waals surface area contributed by atoms with Crippen LogP contribution in [0.4, 0.5) is 0 Å². The van der Waals surface area contributed by atoms with E-state index in [9.17, 15) is 0 Å². The first-order chi connectivity index (χ1) is 10.3. The molecule has 0 aromatic heterocycles. The Balaban J connectivity index is 2.33. The Morgan fingerprint density at radius 2 is 1.81 bits per heavy atom. The van der Waals surface area contributed by atoms with Gasteiger partial charge in [-0.2, -0.15) is 0 Å². The molecule has 0 aliphatic heterocycles. The van der Waals surface area contributed by atoms with Crippen LogP contribution in [0.15, 0.2) is 24.3 Å². The van der Waals surface area contributed by atoms with E-state index in [0.717, 1.165) is 19.7 Å². The lowest BCUT2D eigenvalue weighted by molar-refractivity contribution is 0.0501. The fourth-order valence-electron chi connectivity index (χ4n) is 2.53. The van der Waals surface area contributed by atoms with E-state index in [1.165, 1.54) is 49.7 Å². The second-order valence-corrected chi connectivity index (χ2v) is 5.85. The van der Waals surface area contributed by atoms with Crippen molar-refractivity contribution in [3.8, 4) is 0 Å². The van der Waals surface area contributed by atoms with Gasteiger partial charge in [-0.15, -0.1) is 0 Å². The number of benzene rings is 1. The molecule has 1 unspecified atom stereocenters. The molecular formula is C19H33NO. The molecular weight excluding hydrogens is 258 g/mol. The Hall–Kier alpha value is -0.860. The fourth-order valence-corrected chi connectivity index (χ4v) is 2.53. The second kappa shape index (κ2) is 11.8. The van der Waals surface area contributed by atoms with Crippen molar-refractivity contribution >= 4 is 0 Å². The van der Waals surface area contributed by atoms with Gasteiger partial charge in [-0.3, -0.25) is 0 Å².